The van der Waals surface area contributed by atoms with Crippen LogP contribution < -0.4 is 0 Å². The first kappa shape index (κ1) is 8.75. The van der Waals surface area contributed by atoms with Crippen LogP contribution in [0.3, 0.4) is 0 Å². The summed E-state index contributed by atoms with van der Waals surface area (Å²) in [5, 5.41) is 3.95. The van der Waals surface area contributed by atoms with Crippen molar-refractivity contribution in [1.29, 1.82) is 0 Å². The lowest BCUT2D eigenvalue weighted by molar-refractivity contribution is 0.0599. The Bertz CT molecular complexity index is 336. The molecule has 0 spiro atoms. The molecule has 1 heterocycles. The molecule has 0 aromatic carbocycles. The van der Waals surface area contributed by atoms with E-state index < -0.39 is 0 Å². The third kappa shape index (κ3) is 1.37. The van der Waals surface area contributed by atoms with E-state index in [1.165, 1.54) is 25.5 Å². The molecule has 1 aromatic heterocycles. The second kappa shape index (κ2) is 2.84. The van der Waals surface area contributed by atoms with Crippen LogP contribution in [0.2, 0.25) is 0 Å². The second-order valence-electron chi connectivity index (χ2n) is 3.75. The standard InChI is InChI=1S/C10H12O2S/c1-10(3-4-10)8-6-13-5-7(8)9(11)12-2/h5-6H,3-4H2,1-2H3. The Morgan fingerprint density at radius 2 is 2.23 bits per heavy atom. The summed E-state index contributed by atoms with van der Waals surface area (Å²) >= 11 is 1.58. The predicted molar refractivity (Wildman–Crippen MR) is 52.2 cm³/mol. The highest BCUT2D eigenvalue weighted by molar-refractivity contribution is 7.08. The summed E-state index contributed by atoms with van der Waals surface area (Å²) in [4.78, 5) is 11.4. The van der Waals surface area contributed by atoms with Crippen molar-refractivity contribution in [2.24, 2.45) is 0 Å². The summed E-state index contributed by atoms with van der Waals surface area (Å²) in [5.74, 6) is -0.204. The zero-order valence-electron chi connectivity index (χ0n) is 7.79. The molecule has 1 aliphatic rings. The third-order valence-electron chi connectivity index (χ3n) is 2.72. The number of rotatable bonds is 2. The number of carbonyl (C=O) groups excluding carboxylic acids is 1. The van der Waals surface area contributed by atoms with Crippen LogP contribution in [-0.2, 0) is 10.2 Å². The van der Waals surface area contributed by atoms with Crippen LogP contribution in [0.4, 0.5) is 0 Å². The van der Waals surface area contributed by atoms with E-state index >= 15 is 0 Å². The highest BCUT2D eigenvalue weighted by Crippen LogP contribution is 2.49. The van der Waals surface area contributed by atoms with Crippen LogP contribution in [0.1, 0.15) is 35.7 Å². The van der Waals surface area contributed by atoms with Gasteiger partial charge in [-0.15, -0.1) is 0 Å². The van der Waals surface area contributed by atoms with Gasteiger partial charge in [-0.3, -0.25) is 0 Å². The summed E-state index contributed by atoms with van der Waals surface area (Å²) in [6, 6.07) is 0. The third-order valence-corrected chi connectivity index (χ3v) is 3.46. The molecule has 0 radical (unpaired) electrons. The molecule has 0 aliphatic heterocycles. The van der Waals surface area contributed by atoms with Crippen molar-refractivity contribution in [2.45, 2.75) is 25.2 Å². The molecule has 1 saturated carbocycles. The van der Waals surface area contributed by atoms with E-state index in [1.807, 2.05) is 5.38 Å². The van der Waals surface area contributed by atoms with Gasteiger partial charge in [0, 0.05) is 5.38 Å². The Labute approximate surface area is 81.5 Å². The lowest BCUT2D eigenvalue weighted by Crippen LogP contribution is -2.08. The van der Waals surface area contributed by atoms with Crippen molar-refractivity contribution in [3.8, 4) is 0 Å². The molecule has 0 N–H and O–H groups in total. The second-order valence-corrected chi connectivity index (χ2v) is 4.49. The predicted octanol–water partition coefficient (Wildman–Crippen LogP) is 2.59. The molecule has 0 unspecified atom stereocenters. The molecule has 2 rings (SSSR count). The van der Waals surface area contributed by atoms with Crippen molar-refractivity contribution < 1.29 is 9.53 Å². The topological polar surface area (TPSA) is 26.3 Å². The van der Waals surface area contributed by atoms with Crippen LogP contribution in [0.25, 0.3) is 0 Å². The SMILES string of the molecule is COC(=O)c1cscc1C1(C)CC1. The monoisotopic (exact) mass is 196 g/mol. The molecule has 2 nitrogen and oxygen atoms in total. The molecule has 0 bridgehead atoms. The summed E-state index contributed by atoms with van der Waals surface area (Å²) in [6.45, 7) is 2.20. The summed E-state index contributed by atoms with van der Waals surface area (Å²) in [5.41, 5.74) is 2.18. The van der Waals surface area contributed by atoms with Crippen molar-refractivity contribution in [3.05, 3.63) is 21.9 Å². The first-order valence-corrected chi connectivity index (χ1v) is 5.27. The van der Waals surface area contributed by atoms with E-state index in [4.69, 9.17) is 4.74 Å². The summed E-state index contributed by atoms with van der Waals surface area (Å²) < 4.78 is 4.73. The zero-order valence-corrected chi connectivity index (χ0v) is 8.61. The highest BCUT2D eigenvalue weighted by atomic mass is 32.1. The van der Waals surface area contributed by atoms with Gasteiger partial charge in [0.05, 0.1) is 12.7 Å². The maximum absolute atomic E-state index is 11.4. The first-order valence-electron chi connectivity index (χ1n) is 4.32. The van der Waals surface area contributed by atoms with Gasteiger partial charge in [-0.05, 0) is 29.2 Å². The van der Waals surface area contributed by atoms with Crippen LogP contribution in [0.15, 0.2) is 10.8 Å². The normalized spacial score (nSPS) is 18.3. The highest BCUT2D eigenvalue weighted by Gasteiger charge is 2.42. The maximum Gasteiger partial charge on any atom is 0.339 e. The van der Waals surface area contributed by atoms with Crippen molar-refractivity contribution in [2.75, 3.05) is 7.11 Å². The molecule has 1 aliphatic carbocycles. The van der Waals surface area contributed by atoms with E-state index in [0.717, 1.165) is 5.56 Å². The van der Waals surface area contributed by atoms with E-state index in [2.05, 4.69) is 12.3 Å². The molecular formula is C10H12O2S. The first-order chi connectivity index (χ1) is 6.17. The quantitative estimate of drug-likeness (QED) is 0.679. The Balaban J connectivity index is 2.36. The van der Waals surface area contributed by atoms with Gasteiger partial charge >= 0.3 is 5.97 Å². The number of ether oxygens (including phenoxy) is 1. The number of carbonyl (C=O) groups is 1. The van der Waals surface area contributed by atoms with E-state index in [9.17, 15) is 4.79 Å². The fourth-order valence-electron chi connectivity index (χ4n) is 1.49. The molecular weight excluding hydrogens is 184 g/mol. The lowest BCUT2D eigenvalue weighted by Gasteiger charge is -2.07. The number of methoxy groups -OCH3 is 1. The minimum atomic E-state index is -0.204. The van der Waals surface area contributed by atoms with Crippen molar-refractivity contribution in [3.63, 3.8) is 0 Å². The van der Waals surface area contributed by atoms with Gasteiger partial charge in [0.25, 0.3) is 0 Å². The fraction of sp³-hybridized carbons (Fsp3) is 0.500. The van der Waals surface area contributed by atoms with Gasteiger partial charge in [-0.25, -0.2) is 4.79 Å². The van der Waals surface area contributed by atoms with Crippen molar-refractivity contribution in [1.82, 2.24) is 0 Å². The van der Waals surface area contributed by atoms with E-state index in [0.29, 0.717) is 0 Å². The van der Waals surface area contributed by atoms with Gasteiger partial charge in [0.1, 0.15) is 0 Å². The molecule has 0 amide bonds. The van der Waals surface area contributed by atoms with E-state index in [1.54, 1.807) is 11.3 Å². The number of hydrogen-bond donors (Lipinski definition) is 0. The Morgan fingerprint density at radius 1 is 1.54 bits per heavy atom. The molecule has 70 valence electrons. The maximum atomic E-state index is 11.4. The van der Waals surface area contributed by atoms with Gasteiger partial charge in [0.2, 0.25) is 0 Å². The molecule has 0 atom stereocenters. The van der Waals surface area contributed by atoms with Crippen LogP contribution in [-0.4, -0.2) is 13.1 Å². The smallest absolute Gasteiger partial charge is 0.339 e. The molecule has 0 saturated heterocycles. The number of esters is 1. The summed E-state index contributed by atoms with van der Waals surface area (Å²) in [6.07, 6.45) is 2.38. The Kier molecular flexibility index (Phi) is 1.91. The average Bonchev–Trinajstić information content (AvgIpc) is 2.71. The zero-order chi connectivity index (χ0) is 9.47. The fourth-order valence-corrected chi connectivity index (χ4v) is 2.46. The largest absolute Gasteiger partial charge is 0.465 e. The Hall–Kier alpha value is -0.830. The minimum absolute atomic E-state index is 0.204. The van der Waals surface area contributed by atoms with Crippen LogP contribution in [0, 0.1) is 0 Å². The lowest BCUT2D eigenvalue weighted by atomic mass is 9.98. The molecule has 1 aromatic rings. The minimum Gasteiger partial charge on any atom is -0.465 e. The summed E-state index contributed by atoms with van der Waals surface area (Å²) in [7, 11) is 1.43. The van der Waals surface area contributed by atoms with E-state index in [-0.39, 0.29) is 11.4 Å². The van der Waals surface area contributed by atoms with Gasteiger partial charge in [-0.2, -0.15) is 11.3 Å². The van der Waals surface area contributed by atoms with Gasteiger partial charge < -0.3 is 4.74 Å². The number of hydrogen-bond acceptors (Lipinski definition) is 3. The Morgan fingerprint density at radius 3 is 2.77 bits per heavy atom. The number of thiophene rings is 1. The van der Waals surface area contributed by atoms with Crippen LogP contribution >= 0.6 is 11.3 Å². The molecule has 1 fully saturated rings. The molecule has 3 heteroatoms. The average molecular weight is 196 g/mol. The van der Waals surface area contributed by atoms with Gasteiger partial charge in [-0.1, -0.05) is 6.92 Å². The van der Waals surface area contributed by atoms with Crippen molar-refractivity contribution >= 4 is 17.3 Å². The van der Waals surface area contributed by atoms with Crippen LogP contribution in [0.5, 0.6) is 0 Å². The molecule has 13 heavy (non-hydrogen) atoms. The van der Waals surface area contributed by atoms with Gasteiger partial charge in [0.15, 0.2) is 0 Å².